The molecule has 0 spiro atoms. The van der Waals surface area contributed by atoms with Crippen LogP contribution in [-0.4, -0.2) is 65.4 Å². The molecule has 2 aliphatic rings. The predicted molar refractivity (Wildman–Crippen MR) is 135 cm³/mol. The van der Waals surface area contributed by atoms with Crippen LogP contribution >= 0.6 is 36.2 Å². The van der Waals surface area contributed by atoms with Crippen LogP contribution in [0.2, 0.25) is 0 Å². The number of aromatic amines is 1. The van der Waals surface area contributed by atoms with Crippen molar-refractivity contribution in [2.75, 3.05) is 26.7 Å². The molecule has 3 aromatic rings. The molecule has 2 amide bonds. The number of piperidine rings is 1. The fourth-order valence-electron chi connectivity index (χ4n) is 4.31. The van der Waals surface area contributed by atoms with Crippen LogP contribution in [0.25, 0.3) is 10.9 Å². The van der Waals surface area contributed by atoms with Crippen molar-refractivity contribution in [1.29, 1.82) is 0 Å². The SMILES string of the molecule is CN1CCc2nc(C(=O)NC3CNCCC3NC(=O)c3cc4cc(F)ccc4[nH]3)sc2C1.Cl.Cl. The van der Waals surface area contributed by atoms with Crippen LogP contribution in [0.5, 0.6) is 0 Å². The van der Waals surface area contributed by atoms with Crippen molar-refractivity contribution >= 4 is 58.9 Å². The largest absolute Gasteiger partial charge is 0.351 e. The van der Waals surface area contributed by atoms with E-state index in [1.54, 1.807) is 12.1 Å². The first-order valence-corrected chi connectivity index (χ1v) is 11.6. The van der Waals surface area contributed by atoms with Gasteiger partial charge in [-0.2, -0.15) is 0 Å². The van der Waals surface area contributed by atoms with Crippen LogP contribution in [0, 0.1) is 5.82 Å². The summed E-state index contributed by atoms with van der Waals surface area (Å²) in [5, 5.41) is 10.5. The van der Waals surface area contributed by atoms with Crippen molar-refractivity contribution in [3.05, 3.63) is 51.4 Å². The van der Waals surface area contributed by atoms with Gasteiger partial charge in [-0.1, -0.05) is 0 Å². The van der Waals surface area contributed by atoms with Crippen LogP contribution in [0.3, 0.4) is 0 Å². The van der Waals surface area contributed by atoms with Gasteiger partial charge in [0, 0.05) is 41.8 Å². The zero-order valence-corrected chi connectivity index (χ0v) is 21.0. The number of rotatable bonds is 4. The Morgan fingerprint density at radius 2 is 1.97 bits per heavy atom. The van der Waals surface area contributed by atoms with Gasteiger partial charge in [-0.05, 0) is 44.3 Å². The second-order valence-electron chi connectivity index (χ2n) is 8.44. The summed E-state index contributed by atoms with van der Waals surface area (Å²) in [6, 6.07) is 5.51. The molecule has 2 aliphatic heterocycles. The summed E-state index contributed by atoms with van der Waals surface area (Å²) < 4.78 is 13.5. The lowest BCUT2D eigenvalue weighted by Gasteiger charge is -2.33. The van der Waals surface area contributed by atoms with Crippen molar-refractivity contribution in [3.8, 4) is 0 Å². The Hall–Kier alpha value is -2.24. The van der Waals surface area contributed by atoms with Gasteiger partial charge in [-0.25, -0.2) is 9.37 Å². The van der Waals surface area contributed by atoms with Gasteiger partial charge in [0.25, 0.3) is 11.8 Å². The maximum Gasteiger partial charge on any atom is 0.280 e. The standard InChI is InChI=1S/C22H25FN6O2S.2ClH/c1-29-7-5-16-19(11-29)32-22(28-16)21(31)27-18-10-24-6-4-15(18)26-20(30)17-9-12-8-13(23)2-3-14(12)25-17;;/h2-3,8-9,15,18,24-25H,4-7,10-11H2,1H3,(H,26,30)(H,27,31);2*1H. The molecule has 2 unspecified atom stereocenters. The molecule has 5 rings (SSSR count). The van der Waals surface area contributed by atoms with Crippen molar-refractivity contribution in [1.82, 2.24) is 30.8 Å². The Bertz CT molecular complexity index is 1190. The fraction of sp³-hybridized carbons (Fsp3) is 0.409. The van der Waals surface area contributed by atoms with E-state index in [1.807, 2.05) is 0 Å². The van der Waals surface area contributed by atoms with E-state index in [-0.39, 0.29) is 54.5 Å². The van der Waals surface area contributed by atoms with Gasteiger partial charge in [0.15, 0.2) is 5.01 Å². The second kappa shape index (κ2) is 11.0. The Kier molecular flexibility index (Phi) is 8.53. The Morgan fingerprint density at radius 3 is 2.79 bits per heavy atom. The minimum atomic E-state index is -0.347. The molecule has 2 aromatic heterocycles. The molecule has 8 nitrogen and oxygen atoms in total. The summed E-state index contributed by atoms with van der Waals surface area (Å²) in [6.07, 6.45) is 1.54. The van der Waals surface area contributed by atoms with E-state index < -0.39 is 0 Å². The number of benzene rings is 1. The zero-order chi connectivity index (χ0) is 22.2. The summed E-state index contributed by atoms with van der Waals surface area (Å²) in [5.41, 5.74) is 2.08. The van der Waals surface area contributed by atoms with Gasteiger partial charge in [0.2, 0.25) is 0 Å². The molecule has 2 atom stereocenters. The average Bonchev–Trinajstić information content (AvgIpc) is 3.38. The number of fused-ring (bicyclic) bond motifs is 2. The van der Waals surface area contributed by atoms with Gasteiger partial charge in [-0.15, -0.1) is 36.2 Å². The van der Waals surface area contributed by atoms with E-state index in [9.17, 15) is 14.0 Å². The number of carbonyl (C=O) groups excluding carboxylic acids is 2. The smallest absolute Gasteiger partial charge is 0.280 e. The molecule has 0 saturated carbocycles. The lowest BCUT2D eigenvalue weighted by Crippen LogP contribution is -2.59. The predicted octanol–water partition coefficient (Wildman–Crippen LogP) is 2.49. The first kappa shape index (κ1) is 26.4. The highest BCUT2D eigenvalue weighted by Crippen LogP contribution is 2.24. The van der Waals surface area contributed by atoms with Gasteiger partial charge in [-0.3, -0.25) is 9.59 Å². The number of nitrogens with one attached hydrogen (secondary N) is 4. The van der Waals surface area contributed by atoms with Crippen LogP contribution in [-0.2, 0) is 13.0 Å². The molecule has 0 bridgehead atoms. The summed E-state index contributed by atoms with van der Waals surface area (Å²) in [7, 11) is 2.06. The molecule has 12 heteroatoms. The average molecular weight is 529 g/mol. The maximum absolute atomic E-state index is 13.5. The molecule has 0 radical (unpaired) electrons. The molecule has 4 heterocycles. The van der Waals surface area contributed by atoms with E-state index in [4.69, 9.17) is 0 Å². The van der Waals surface area contributed by atoms with E-state index >= 15 is 0 Å². The molecule has 4 N–H and O–H groups in total. The lowest BCUT2D eigenvalue weighted by atomic mass is 10.0. The number of nitrogens with zero attached hydrogens (tertiary/aromatic N) is 2. The number of H-pyrrole nitrogens is 1. The van der Waals surface area contributed by atoms with E-state index in [0.29, 0.717) is 34.6 Å². The number of halogens is 3. The number of hydrogen-bond acceptors (Lipinski definition) is 6. The topological polar surface area (TPSA) is 102 Å². The zero-order valence-electron chi connectivity index (χ0n) is 18.5. The molecule has 1 aromatic carbocycles. The minimum absolute atomic E-state index is 0. The number of amides is 2. The van der Waals surface area contributed by atoms with Gasteiger partial charge >= 0.3 is 0 Å². The molecular formula is C22H27Cl2FN6O2S. The summed E-state index contributed by atoms with van der Waals surface area (Å²) >= 11 is 1.44. The summed E-state index contributed by atoms with van der Waals surface area (Å²) in [5.74, 6) is -0.832. The van der Waals surface area contributed by atoms with E-state index in [0.717, 1.165) is 36.6 Å². The fourth-order valence-corrected chi connectivity index (χ4v) is 5.40. The molecule has 0 aliphatic carbocycles. The first-order chi connectivity index (χ1) is 15.5. The molecule has 1 saturated heterocycles. The highest BCUT2D eigenvalue weighted by atomic mass is 35.5. The maximum atomic E-state index is 13.5. The number of likely N-dealkylation sites (N-methyl/N-ethyl adjacent to an activating group) is 1. The molecule has 184 valence electrons. The van der Waals surface area contributed by atoms with Gasteiger partial charge in [0.1, 0.15) is 11.5 Å². The van der Waals surface area contributed by atoms with E-state index in [1.165, 1.54) is 23.5 Å². The second-order valence-corrected chi connectivity index (χ2v) is 9.53. The summed E-state index contributed by atoms with van der Waals surface area (Å²) in [4.78, 5) is 36.7. The third kappa shape index (κ3) is 5.52. The van der Waals surface area contributed by atoms with Crippen LogP contribution in [0.15, 0.2) is 24.3 Å². The van der Waals surface area contributed by atoms with Crippen molar-refractivity contribution in [2.24, 2.45) is 0 Å². The van der Waals surface area contributed by atoms with Crippen molar-refractivity contribution < 1.29 is 14.0 Å². The minimum Gasteiger partial charge on any atom is -0.351 e. The summed E-state index contributed by atoms with van der Waals surface area (Å²) in [6.45, 7) is 3.06. The first-order valence-electron chi connectivity index (χ1n) is 10.7. The van der Waals surface area contributed by atoms with E-state index in [2.05, 4.69) is 37.9 Å². The number of aromatic nitrogens is 2. The number of hydrogen-bond donors (Lipinski definition) is 4. The highest BCUT2D eigenvalue weighted by Gasteiger charge is 2.30. The molecule has 1 fully saturated rings. The Morgan fingerprint density at radius 1 is 1.18 bits per heavy atom. The highest BCUT2D eigenvalue weighted by molar-refractivity contribution is 7.13. The quantitative estimate of drug-likeness (QED) is 0.416. The third-order valence-corrected chi connectivity index (χ3v) is 7.14. The number of carbonyl (C=O) groups is 2. The van der Waals surface area contributed by atoms with Crippen LogP contribution in [0.1, 0.15) is 37.3 Å². The van der Waals surface area contributed by atoms with Gasteiger partial charge < -0.3 is 25.8 Å². The van der Waals surface area contributed by atoms with Gasteiger partial charge in [0.05, 0.1) is 17.8 Å². The van der Waals surface area contributed by atoms with Crippen LogP contribution in [0.4, 0.5) is 4.39 Å². The lowest BCUT2D eigenvalue weighted by molar-refractivity contribution is 0.0866. The number of thiazole rings is 1. The third-order valence-electron chi connectivity index (χ3n) is 6.06. The Labute approximate surface area is 212 Å². The molecule has 34 heavy (non-hydrogen) atoms. The normalized spacial score (nSPS) is 20.1. The molecular weight excluding hydrogens is 502 g/mol. The van der Waals surface area contributed by atoms with Crippen molar-refractivity contribution in [3.63, 3.8) is 0 Å². The Balaban J connectivity index is 0.00000162. The monoisotopic (exact) mass is 528 g/mol. The van der Waals surface area contributed by atoms with Crippen molar-refractivity contribution in [2.45, 2.75) is 31.5 Å². The van der Waals surface area contributed by atoms with Crippen LogP contribution < -0.4 is 16.0 Å².